The van der Waals surface area contributed by atoms with Crippen LogP contribution in [0.4, 0.5) is 11.4 Å². The van der Waals surface area contributed by atoms with Crippen molar-refractivity contribution in [3.63, 3.8) is 0 Å². The first kappa shape index (κ1) is 30.2. The zero-order valence-corrected chi connectivity index (χ0v) is 28.7. The SMILES string of the molecule is c1ccc(C2c3ccccc3N(c3ccc(-c4ccc(-c5ccc(-n6c7ccccc7c7ccccc76)cc5)cc4)cc3)C2c2ccccc2)cc1. The van der Waals surface area contributed by atoms with Crippen molar-refractivity contribution in [1.82, 2.24) is 4.57 Å². The van der Waals surface area contributed by atoms with E-state index in [1.807, 2.05) is 0 Å². The van der Waals surface area contributed by atoms with Crippen LogP contribution in [0, 0.1) is 0 Å². The van der Waals surface area contributed by atoms with Gasteiger partial charge in [-0.15, -0.1) is 0 Å². The first-order chi connectivity index (χ1) is 25.8. The van der Waals surface area contributed by atoms with Crippen LogP contribution < -0.4 is 4.90 Å². The Morgan fingerprint density at radius 3 is 1.31 bits per heavy atom. The van der Waals surface area contributed by atoms with Crippen LogP contribution in [0.2, 0.25) is 0 Å². The molecule has 2 unspecified atom stereocenters. The molecule has 1 aliphatic rings. The number of anilines is 2. The molecule has 0 amide bonds. The maximum Gasteiger partial charge on any atom is 0.0701 e. The van der Waals surface area contributed by atoms with Crippen LogP contribution in [-0.2, 0) is 0 Å². The van der Waals surface area contributed by atoms with Crippen LogP contribution in [-0.4, -0.2) is 4.57 Å². The van der Waals surface area contributed by atoms with E-state index in [-0.39, 0.29) is 12.0 Å². The first-order valence-electron chi connectivity index (χ1n) is 18.1. The smallest absolute Gasteiger partial charge is 0.0701 e. The number of fused-ring (bicyclic) bond motifs is 4. The summed E-state index contributed by atoms with van der Waals surface area (Å²) in [6.07, 6.45) is 0. The molecule has 1 aliphatic heterocycles. The molecule has 8 aromatic carbocycles. The summed E-state index contributed by atoms with van der Waals surface area (Å²) in [7, 11) is 0. The number of nitrogens with zero attached hydrogens (tertiary/aromatic N) is 2. The molecule has 52 heavy (non-hydrogen) atoms. The van der Waals surface area contributed by atoms with E-state index in [0.717, 1.165) is 0 Å². The molecule has 10 rings (SSSR count). The molecule has 1 aromatic heterocycles. The number of rotatable bonds is 6. The van der Waals surface area contributed by atoms with Crippen molar-refractivity contribution < 1.29 is 0 Å². The molecule has 0 spiro atoms. The standard InChI is InChI=1S/C50H36N2/c1-3-13-39(14-4-1)49-45-19-9-12-22-48(45)52(50(49)40-15-5-2-6-16-40)42-33-29-38(30-34-42)36-25-23-35(24-26-36)37-27-31-41(32-28-37)51-46-20-10-7-17-43(46)44-18-8-11-21-47(44)51/h1-34,49-50H. The van der Waals surface area contributed by atoms with Gasteiger partial charge in [0.2, 0.25) is 0 Å². The van der Waals surface area contributed by atoms with Crippen LogP contribution >= 0.6 is 0 Å². The summed E-state index contributed by atoms with van der Waals surface area (Å²) in [4.78, 5) is 2.54. The second-order valence-electron chi connectivity index (χ2n) is 13.7. The molecule has 2 nitrogen and oxygen atoms in total. The van der Waals surface area contributed by atoms with Crippen molar-refractivity contribution in [2.24, 2.45) is 0 Å². The molecule has 0 saturated heterocycles. The largest absolute Gasteiger partial charge is 0.333 e. The second-order valence-corrected chi connectivity index (χ2v) is 13.7. The highest BCUT2D eigenvalue weighted by Gasteiger charge is 2.40. The van der Waals surface area contributed by atoms with Gasteiger partial charge in [-0.3, -0.25) is 0 Å². The Hall–Kier alpha value is -6.64. The Kier molecular flexibility index (Phi) is 7.32. The molecule has 2 heteroatoms. The third-order valence-electron chi connectivity index (χ3n) is 10.8. The molecule has 9 aromatic rings. The van der Waals surface area contributed by atoms with Gasteiger partial charge >= 0.3 is 0 Å². The van der Waals surface area contributed by atoms with Gasteiger partial charge < -0.3 is 9.47 Å². The average molecular weight is 665 g/mol. The second kappa shape index (κ2) is 12.6. The lowest BCUT2D eigenvalue weighted by Crippen LogP contribution is -2.22. The maximum atomic E-state index is 2.54. The molecule has 0 aliphatic carbocycles. The Balaban J connectivity index is 0.948. The summed E-state index contributed by atoms with van der Waals surface area (Å²) in [6.45, 7) is 0. The molecule has 0 radical (unpaired) electrons. The molecule has 2 atom stereocenters. The highest BCUT2D eigenvalue weighted by molar-refractivity contribution is 6.09. The van der Waals surface area contributed by atoms with Crippen LogP contribution in [0.25, 0.3) is 49.7 Å². The van der Waals surface area contributed by atoms with Gasteiger partial charge in [-0.25, -0.2) is 0 Å². The molecule has 0 bridgehead atoms. The van der Waals surface area contributed by atoms with E-state index < -0.39 is 0 Å². The zero-order valence-electron chi connectivity index (χ0n) is 28.7. The van der Waals surface area contributed by atoms with E-state index in [9.17, 15) is 0 Å². The summed E-state index contributed by atoms with van der Waals surface area (Å²) in [5, 5.41) is 2.56. The molecule has 0 fully saturated rings. The Morgan fingerprint density at radius 1 is 0.327 bits per heavy atom. The van der Waals surface area contributed by atoms with E-state index in [2.05, 4.69) is 216 Å². The van der Waals surface area contributed by atoms with E-state index in [1.54, 1.807) is 0 Å². The van der Waals surface area contributed by atoms with Gasteiger partial charge in [0.15, 0.2) is 0 Å². The topological polar surface area (TPSA) is 8.17 Å². The van der Waals surface area contributed by atoms with E-state index in [4.69, 9.17) is 0 Å². The summed E-state index contributed by atoms with van der Waals surface area (Å²) < 4.78 is 2.37. The molecule has 2 heterocycles. The maximum absolute atomic E-state index is 2.54. The minimum Gasteiger partial charge on any atom is -0.333 e. The normalized spacial score (nSPS) is 15.3. The van der Waals surface area contributed by atoms with E-state index in [0.29, 0.717) is 0 Å². The summed E-state index contributed by atoms with van der Waals surface area (Å²) in [6, 6.07) is 75.4. The van der Waals surface area contributed by atoms with Crippen LogP contribution in [0.3, 0.4) is 0 Å². The van der Waals surface area contributed by atoms with E-state index in [1.165, 1.54) is 77.8 Å². The first-order valence-corrected chi connectivity index (χ1v) is 18.1. The van der Waals surface area contributed by atoms with Crippen molar-refractivity contribution in [2.75, 3.05) is 4.90 Å². The van der Waals surface area contributed by atoms with Gasteiger partial charge in [0, 0.05) is 33.8 Å². The molecule has 0 saturated carbocycles. The summed E-state index contributed by atoms with van der Waals surface area (Å²) in [5.41, 5.74) is 14.9. The summed E-state index contributed by atoms with van der Waals surface area (Å²) >= 11 is 0. The lowest BCUT2D eigenvalue weighted by Gasteiger charge is -2.31. The van der Waals surface area contributed by atoms with Gasteiger partial charge in [0.05, 0.1) is 17.1 Å². The van der Waals surface area contributed by atoms with Crippen LogP contribution in [0.5, 0.6) is 0 Å². The Labute approximate surface area is 304 Å². The van der Waals surface area contributed by atoms with Gasteiger partial charge in [-0.05, 0) is 81.4 Å². The third-order valence-corrected chi connectivity index (χ3v) is 10.8. The number of benzene rings is 8. The molecular weight excluding hydrogens is 629 g/mol. The zero-order chi connectivity index (χ0) is 34.4. The van der Waals surface area contributed by atoms with Crippen molar-refractivity contribution in [3.05, 3.63) is 223 Å². The van der Waals surface area contributed by atoms with Gasteiger partial charge in [-0.1, -0.05) is 164 Å². The third kappa shape index (κ3) is 5.03. The number of hydrogen-bond acceptors (Lipinski definition) is 1. The molecule has 0 N–H and O–H groups in total. The predicted octanol–water partition coefficient (Wildman–Crippen LogP) is 13.1. The molecular formula is C50H36N2. The monoisotopic (exact) mass is 664 g/mol. The fraction of sp³-hybridized carbons (Fsp3) is 0.0400. The lowest BCUT2D eigenvalue weighted by molar-refractivity contribution is 0.658. The lowest BCUT2D eigenvalue weighted by atomic mass is 9.84. The van der Waals surface area contributed by atoms with Crippen molar-refractivity contribution in [1.29, 1.82) is 0 Å². The predicted molar refractivity (Wildman–Crippen MR) is 218 cm³/mol. The Morgan fingerprint density at radius 2 is 0.750 bits per heavy atom. The summed E-state index contributed by atoms with van der Waals surface area (Å²) in [5.74, 6) is 0.225. The fourth-order valence-corrected chi connectivity index (χ4v) is 8.43. The van der Waals surface area contributed by atoms with Crippen LogP contribution in [0.1, 0.15) is 28.7 Å². The van der Waals surface area contributed by atoms with Crippen molar-refractivity contribution in [3.8, 4) is 27.9 Å². The number of para-hydroxylation sites is 3. The highest BCUT2D eigenvalue weighted by atomic mass is 15.2. The number of aromatic nitrogens is 1. The quantitative estimate of drug-likeness (QED) is 0.172. The fourth-order valence-electron chi connectivity index (χ4n) is 8.43. The van der Waals surface area contributed by atoms with Crippen LogP contribution in [0.15, 0.2) is 206 Å². The Bertz CT molecular complexity index is 2600. The minimum absolute atomic E-state index is 0.146. The van der Waals surface area contributed by atoms with Gasteiger partial charge in [0.25, 0.3) is 0 Å². The average Bonchev–Trinajstić information content (AvgIpc) is 3.75. The minimum atomic E-state index is 0.146. The van der Waals surface area contributed by atoms with E-state index >= 15 is 0 Å². The van der Waals surface area contributed by atoms with Gasteiger partial charge in [0.1, 0.15) is 0 Å². The van der Waals surface area contributed by atoms with Crippen molar-refractivity contribution in [2.45, 2.75) is 12.0 Å². The highest BCUT2D eigenvalue weighted by Crippen LogP contribution is 2.55. The molecule has 246 valence electrons. The number of hydrogen-bond donors (Lipinski definition) is 0. The van der Waals surface area contributed by atoms with Crippen molar-refractivity contribution >= 4 is 33.2 Å². The van der Waals surface area contributed by atoms with Gasteiger partial charge in [-0.2, -0.15) is 0 Å².